The second kappa shape index (κ2) is 8.87. The highest BCUT2D eigenvalue weighted by atomic mass is 35.5. The minimum absolute atomic E-state index is 0. The van der Waals surface area contributed by atoms with Crippen LogP contribution < -0.4 is 15.7 Å². The number of ether oxygens (including phenoxy) is 1. The number of nitrogens with one attached hydrogen (secondary N) is 1. The summed E-state index contributed by atoms with van der Waals surface area (Å²) in [6.07, 6.45) is 2.18. The van der Waals surface area contributed by atoms with E-state index in [1.165, 1.54) is 6.07 Å². The van der Waals surface area contributed by atoms with Gasteiger partial charge in [0.2, 0.25) is 0 Å². The zero-order valence-corrected chi connectivity index (χ0v) is 15.0. The lowest BCUT2D eigenvalue weighted by atomic mass is 9.98. The Morgan fingerprint density at radius 1 is 1.36 bits per heavy atom. The summed E-state index contributed by atoms with van der Waals surface area (Å²) in [5, 5.41) is 3.99. The summed E-state index contributed by atoms with van der Waals surface area (Å²) in [4.78, 5) is 25.5. The first kappa shape index (κ1) is 19.3. The average molecular weight is 367 g/mol. The highest BCUT2D eigenvalue weighted by Crippen LogP contribution is 2.20. The number of piperidine rings is 1. The predicted molar refractivity (Wildman–Crippen MR) is 98.5 cm³/mol. The van der Waals surface area contributed by atoms with Crippen molar-refractivity contribution in [2.45, 2.75) is 12.8 Å². The summed E-state index contributed by atoms with van der Waals surface area (Å²) in [7, 11) is 1.93. The Hall–Kier alpha value is -2.05. The van der Waals surface area contributed by atoms with Crippen LogP contribution in [0.15, 0.2) is 39.5 Å². The van der Waals surface area contributed by atoms with E-state index in [4.69, 9.17) is 9.15 Å². The minimum atomic E-state index is -0.403. The normalized spacial score (nSPS) is 17.2. The molecule has 1 atom stereocenters. The topological polar surface area (TPSA) is 71.8 Å². The first-order chi connectivity index (χ1) is 11.7. The summed E-state index contributed by atoms with van der Waals surface area (Å²) in [6, 6.07) is 8.30. The zero-order chi connectivity index (χ0) is 16.9. The fourth-order valence-electron chi connectivity index (χ4n) is 3.11. The van der Waals surface area contributed by atoms with Crippen molar-refractivity contribution in [1.29, 1.82) is 0 Å². The number of hydrogen-bond acceptors (Lipinski definition) is 5. The lowest BCUT2D eigenvalue weighted by Gasteiger charge is -2.32. The van der Waals surface area contributed by atoms with Crippen molar-refractivity contribution in [3.63, 3.8) is 0 Å². The summed E-state index contributed by atoms with van der Waals surface area (Å²) in [5.74, 6) is 1.02. The van der Waals surface area contributed by atoms with Gasteiger partial charge >= 0.3 is 5.63 Å². The molecule has 6 nitrogen and oxygen atoms in total. The largest absolute Gasteiger partial charge is 0.484 e. The lowest BCUT2D eigenvalue weighted by molar-refractivity contribution is -0.135. The summed E-state index contributed by atoms with van der Waals surface area (Å²) >= 11 is 0. The van der Waals surface area contributed by atoms with Crippen molar-refractivity contribution in [2.24, 2.45) is 5.92 Å². The van der Waals surface area contributed by atoms with Crippen molar-refractivity contribution in [3.8, 4) is 5.75 Å². The van der Waals surface area contributed by atoms with Crippen LogP contribution in [0.1, 0.15) is 12.8 Å². The zero-order valence-electron chi connectivity index (χ0n) is 14.2. The lowest BCUT2D eigenvalue weighted by Crippen LogP contribution is -2.44. The molecular weight excluding hydrogens is 344 g/mol. The Morgan fingerprint density at radius 2 is 2.16 bits per heavy atom. The van der Waals surface area contributed by atoms with E-state index in [9.17, 15) is 9.59 Å². The van der Waals surface area contributed by atoms with Gasteiger partial charge in [-0.15, -0.1) is 12.4 Å². The maximum Gasteiger partial charge on any atom is 0.336 e. The molecule has 1 N–H and O–H groups in total. The van der Waals surface area contributed by atoms with E-state index in [-0.39, 0.29) is 24.9 Å². The van der Waals surface area contributed by atoms with E-state index in [0.29, 0.717) is 17.3 Å². The van der Waals surface area contributed by atoms with Crippen LogP contribution in [-0.2, 0) is 4.79 Å². The molecule has 0 aliphatic carbocycles. The van der Waals surface area contributed by atoms with E-state index in [2.05, 4.69) is 5.32 Å². The highest BCUT2D eigenvalue weighted by Gasteiger charge is 2.23. The van der Waals surface area contributed by atoms with Crippen molar-refractivity contribution >= 4 is 29.3 Å². The van der Waals surface area contributed by atoms with Crippen LogP contribution in [-0.4, -0.2) is 44.1 Å². The van der Waals surface area contributed by atoms with Crippen molar-refractivity contribution in [1.82, 2.24) is 10.2 Å². The number of nitrogens with zero attached hydrogens (tertiary/aromatic N) is 1. The SMILES string of the molecule is CNCC1CCCN(C(=O)COc2ccc3ccc(=O)oc3c2)C1.Cl. The number of hydrogen-bond donors (Lipinski definition) is 1. The predicted octanol–water partition coefficient (Wildman–Crippen LogP) is 2.05. The number of benzene rings is 1. The Labute approximate surface area is 152 Å². The van der Waals surface area contributed by atoms with Crippen LogP contribution in [0, 0.1) is 5.92 Å². The molecule has 0 radical (unpaired) electrons. The maximum absolute atomic E-state index is 12.3. The molecule has 136 valence electrons. The highest BCUT2D eigenvalue weighted by molar-refractivity contribution is 5.85. The summed E-state index contributed by atoms with van der Waals surface area (Å²) in [5.41, 5.74) is 0.0547. The number of carbonyl (C=O) groups excluding carboxylic acids is 1. The molecule has 0 spiro atoms. The number of amides is 1. The Morgan fingerprint density at radius 3 is 2.96 bits per heavy atom. The van der Waals surface area contributed by atoms with Gasteiger partial charge in [-0.2, -0.15) is 0 Å². The van der Waals surface area contributed by atoms with Gasteiger partial charge in [-0.05, 0) is 50.6 Å². The van der Waals surface area contributed by atoms with Gasteiger partial charge in [-0.25, -0.2) is 4.79 Å². The first-order valence-corrected chi connectivity index (χ1v) is 8.25. The van der Waals surface area contributed by atoms with Crippen molar-refractivity contribution < 1.29 is 13.9 Å². The number of carbonyl (C=O) groups is 1. The summed E-state index contributed by atoms with van der Waals surface area (Å²) < 4.78 is 10.7. The molecular formula is C18H23ClN2O4. The van der Waals surface area contributed by atoms with Crippen molar-refractivity contribution in [2.75, 3.05) is 33.3 Å². The van der Waals surface area contributed by atoms with Crippen LogP contribution in [0.2, 0.25) is 0 Å². The number of likely N-dealkylation sites (tertiary alicyclic amines) is 1. The fourth-order valence-corrected chi connectivity index (χ4v) is 3.11. The molecule has 1 saturated heterocycles. The third-order valence-electron chi connectivity index (χ3n) is 4.32. The molecule has 0 bridgehead atoms. The molecule has 2 aromatic rings. The van der Waals surface area contributed by atoms with Crippen LogP contribution in [0.3, 0.4) is 0 Å². The average Bonchev–Trinajstić information content (AvgIpc) is 2.60. The van der Waals surface area contributed by atoms with E-state index >= 15 is 0 Å². The number of fused-ring (bicyclic) bond motifs is 1. The molecule has 7 heteroatoms. The van der Waals surface area contributed by atoms with Crippen LogP contribution in [0.25, 0.3) is 11.0 Å². The molecule has 2 heterocycles. The second-order valence-electron chi connectivity index (χ2n) is 6.15. The maximum atomic E-state index is 12.3. The molecule has 1 fully saturated rings. The Bertz CT molecular complexity index is 775. The van der Waals surface area contributed by atoms with E-state index in [1.807, 2.05) is 18.0 Å². The van der Waals surface area contributed by atoms with Gasteiger partial charge in [0, 0.05) is 30.6 Å². The van der Waals surface area contributed by atoms with Crippen LogP contribution in [0.4, 0.5) is 0 Å². The second-order valence-corrected chi connectivity index (χ2v) is 6.15. The van der Waals surface area contributed by atoms with Crippen LogP contribution >= 0.6 is 12.4 Å². The van der Waals surface area contributed by atoms with Crippen molar-refractivity contribution in [3.05, 3.63) is 40.8 Å². The van der Waals surface area contributed by atoms with E-state index < -0.39 is 5.63 Å². The standard InChI is InChI=1S/C18H22N2O4.ClH/c1-19-10-13-3-2-8-20(11-13)17(21)12-23-15-6-4-14-5-7-18(22)24-16(14)9-15;/h4-7,9,13,19H,2-3,8,10-12H2,1H3;1H. The molecule has 1 aromatic heterocycles. The first-order valence-electron chi connectivity index (χ1n) is 8.25. The molecule has 1 unspecified atom stereocenters. The number of rotatable bonds is 5. The Balaban J connectivity index is 0.00000225. The van der Waals surface area contributed by atoms with Gasteiger partial charge in [0.1, 0.15) is 11.3 Å². The van der Waals surface area contributed by atoms with Gasteiger partial charge in [-0.3, -0.25) is 4.79 Å². The molecule has 3 rings (SSSR count). The number of halogens is 1. The van der Waals surface area contributed by atoms with Gasteiger partial charge in [0.15, 0.2) is 6.61 Å². The van der Waals surface area contributed by atoms with Gasteiger partial charge in [0.25, 0.3) is 5.91 Å². The molecule has 1 aromatic carbocycles. The Kier molecular flexibility index (Phi) is 6.84. The monoisotopic (exact) mass is 366 g/mol. The van der Waals surface area contributed by atoms with E-state index in [0.717, 1.165) is 37.9 Å². The van der Waals surface area contributed by atoms with Crippen LogP contribution in [0.5, 0.6) is 5.75 Å². The molecule has 25 heavy (non-hydrogen) atoms. The molecule has 1 amide bonds. The van der Waals surface area contributed by atoms with Gasteiger partial charge in [-0.1, -0.05) is 0 Å². The third-order valence-corrected chi connectivity index (χ3v) is 4.32. The molecule has 1 aliphatic heterocycles. The fraction of sp³-hybridized carbons (Fsp3) is 0.444. The minimum Gasteiger partial charge on any atom is -0.484 e. The van der Waals surface area contributed by atoms with Gasteiger partial charge in [0.05, 0.1) is 0 Å². The smallest absolute Gasteiger partial charge is 0.336 e. The summed E-state index contributed by atoms with van der Waals surface area (Å²) in [6.45, 7) is 2.48. The van der Waals surface area contributed by atoms with Gasteiger partial charge < -0.3 is 19.4 Å². The quantitative estimate of drug-likeness (QED) is 0.820. The third kappa shape index (κ3) is 4.96. The molecule has 1 aliphatic rings. The molecule has 0 saturated carbocycles. The van der Waals surface area contributed by atoms with E-state index in [1.54, 1.807) is 18.2 Å².